The summed E-state index contributed by atoms with van der Waals surface area (Å²) in [5.74, 6) is -0.263. The predicted molar refractivity (Wildman–Crippen MR) is 76.6 cm³/mol. The number of ether oxygens (including phenoxy) is 2. The highest BCUT2D eigenvalue weighted by Gasteiger charge is 2.24. The number of hydrogen-bond acceptors (Lipinski definition) is 6. The Morgan fingerprint density at radius 2 is 1.73 bits per heavy atom. The highest BCUT2D eigenvalue weighted by Crippen LogP contribution is 2.09. The van der Waals surface area contributed by atoms with Crippen molar-refractivity contribution in [1.29, 1.82) is 5.26 Å². The van der Waals surface area contributed by atoms with Crippen LogP contribution in [0.3, 0.4) is 0 Å². The van der Waals surface area contributed by atoms with E-state index >= 15 is 0 Å². The van der Waals surface area contributed by atoms with Crippen LogP contribution in [-0.2, 0) is 14.3 Å². The highest BCUT2D eigenvalue weighted by molar-refractivity contribution is 5.97. The van der Waals surface area contributed by atoms with Crippen LogP contribution in [0.15, 0.2) is 11.8 Å². The number of nitrogens with zero attached hydrogens (tertiary/aromatic N) is 4. The number of amides is 2. The Labute approximate surface area is 129 Å². The van der Waals surface area contributed by atoms with Gasteiger partial charge in [0, 0.05) is 45.5 Å². The molecule has 2 aliphatic rings. The molecule has 22 heavy (non-hydrogen) atoms. The molecular formula is C14H20N4O4. The molecule has 2 fully saturated rings. The Balaban J connectivity index is 1.94. The van der Waals surface area contributed by atoms with E-state index in [1.165, 1.54) is 7.11 Å². The van der Waals surface area contributed by atoms with Crippen molar-refractivity contribution in [3.8, 4) is 6.07 Å². The molecule has 120 valence electrons. The molecule has 0 aromatic heterocycles. The van der Waals surface area contributed by atoms with Gasteiger partial charge in [-0.05, 0) is 0 Å². The van der Waals surface area contributed by atoms with Crippen LogP contribution in [0, 0.1) is 11.3 Å². The Hall–Kier alpha value is -2.27. The SMILES string of the molecule is COC(=O)N1CCN(/C=C(/C#N)C(=O)N2CCOCC2)CC1. The summed E-state index contributed by atoms with van der Waals surface area (Å²) in [5.41, 5.74) is 0.119. The van der Waals surface area contributed by atoms with Gasteiger partial charge in [0.05, 0.1) is 20.3 Å². The van der Waals surface area contributed by atoms with Crippen LogP contribution in [-0.4, -0.2) is 86.3 Å². The zero-order valence-electron chi connectivity index (χ0n) is 12.7. The lowest BCUT2D eigenvalue weighted by Crippen LogP contribution is -2.47. The molecule has 0 bridgehead atoms. The highest BCUT2D eigenvalue weighted by atomic mass is 16.5. The molecule has 0 aromatic rings. The first kappa shape index (κ1) is 16.1. The molecule has 0 radical (unpaired) electrons. The van der Waals surface area contributed by atoms with Gasteiger partial charge in [-0.2, -0.15) is 5.26 Å². The first-order valence-corrected chi connectivity index (χ1v) is 7.21. The van der Waals surface area contributed by atoms with Crippen LogP contribution in [0.4, 0.5) is 4.79 Å². The fourth-order valence-corrected chi connectivity index (χ4v) is 2.41. The summed E-state index contributed by atoms with van der Waals surface area (Å²) in [6, 6.07) is 1.97. The number of morpholine rings is 1. The second-order valence-electron chi connectivity index (χ2n) is 5.05. The summed E-state index contributed by atoms with van der Waals surface area (Å²) in [6.07, 6.45) is 1.24. The van der Waals surface area contributed by atoms with Crippen molar-refractivity contribution in [2.24, 2.45) is 0 Å². The summed E-state index contributed by atoms with van der Waals surface area (Å²) in [4.78, 5) is 28.8. The smallest absolute Gasteiger partial charge is 0.409 e. The first-order chi connectivity index (χ1) is 10.7. The number of carbonyl (C=O) groups excluding carboxylic acids is 2. The normalized spacial score (nSPS) is 19.6. The Morgan fingerprint density at radius 1 is 1.09 bits per heavy atom. The van der Waals surface area contributed by atoms with E-state index in [1.807, 2.05) is 11.0 Å². The molecule has 0 aliphatic carbocycles. The van der Waals surface area contributed by atoms with E-state index in [2.05, 4.69) is 4.74 Å². The van der Waals surface area contributed by atoms with Gasteiger partial charge in [-0.25, -0.2) is 4.79 Å². The second-order valence-corrected chi connectivity index (χ2v) is 5.05. The average molecular weight is 308 g/mol. The minimum Gasteiger partial charge on any atom is -0.453 e. The Morgan fingerprint density at radius 3 is 2.27 bits per heavy atom. The molecule has 2 rings (SSSR count). The third kappa shape index (κ3) is 3.89. The fourth-order valence-electron chi connectivity index (χ4n) is 2.41. The van der Waals surface area contributed by atoms with Crippen molar-refractivity contribution >= 4 is 12.0 Å². The summed E-state index contributed by atoms with van der Waals surface area (Å²) >= 11 is 0. The van der Waals surface area contributed by atoms with Crippen molar-refractivity contribution in [2.45, 2.75) is 0 Å². The maximum Gasteiger partial charge on any atom is 0.409 e. The minimum absolute atomic E-state index is 0.119. The van der Waals surface area contributed by atoms with Crippen molar-refractivity contribution in [3.05, 3.63) is 11.8 Å². The number of rotatable bonds is 2. The molecule has 0 aromatic carbocycles. The molecule has 2 aliphatic heterocycles. The lowest BCUT2D eigenvalue weighted by Gasteiger charge is -2.33. The second kappa shape index (κ2) is 7.66. The fraction of sp³-hybridized carbons (Fsp3) is 0.643. The number of carbonyl (C=O) groups is 2. The van der Waals surface area contributed by atoms with Gasteiger partial charge in [0.15, 0.2) is 0 Å². The molecule has 2 saturated heterocycles. The maximum atomic E-state index is 12.3. The molecule has 2 heterocycles. The van der Waals surface area contributed by atoms with Crippen LogP contribution in [0.5, 0.6) is 0 Å². The first-order valence-electron chi connectivity index (χ1n) is 7.21. The van der Waals surface area contributed by atoms with Crippen molar-refractivity contribution in [3.63, 3.8) is 0 Å². The number of piperazine rings is 1. The quantitative estimate of drug-likeness (QED) is 0.511. The Bertz CT molecular complexity index is 486. The zero-order chi connectivity index (χ0) is 15.9. The van der Waals surface area contributed by atoms with Gasteiger partial charge in [0.2, 0.25) is 0 Å². The molecular weight excluding hydrogens is 288 g/mol. The van der Waals surface area contributed by atoms with E-state index in [9.17, 15) is 14.9 Å². The van der Waals surface area contributed by atoms with Crippen molar-refractivity contribution in [1.82, 2.24) is 14.7 Å². The van der Waals surface area contributed by atoms with E-state index in [1.54, 1.807) is 16.0 Å². The van der Waals surface area contributed by atoms with Gasteiger partial charge < -0.3 is 24.2 Å². The van der Waals surface area contributed by atoms with Crippen LogP contribution < -0.4 is 0 Å². The Kier molecular flexibility index (Phi) is 5.61. The lowest BCUT2D eigenvalue weighted by molar-refractivity contribution is -0.130. The summed E-state index contributed by atoms with van der Waals surface area (Å²) in [7, 11) is 1.35. The van der Waals surface area contributed by atoms with E-state index in [-0.39, 0.29) is 17.6 Å². The monoisotopic (exact) mass is 308 g/mol. The van der Waals surface area contributed by atoms with Gasteiger partial charge in [-0.1, -0.05) is 0 Å². The largest absolute Gasteiger partial charge is 0.453 e. The van der Waals surface area contributed by atoms with Crippen LogP contribution in [0.1, 0.15) is 0 Å². The third-order valence-electron chi connectivity index (χ3n) is 3.71. The average Bonchev–Trinajstić information content (AvgIpc) is 2.59. The van der Waals surface area contributed by atoms with E-state index in [0.29, 0.717) is 52.5 Å². The molecule has 0 N–H and O–H groups in total. The minimum atomic E-state index is -0.353. The van der Waals surface area contributed by atoms with Crippen molar-refractivity contribution < 1.29 is 19.1 Å². The molecule has 2 amide bonds. The summed E-state index contributed by atoms with van der Waals surface area (Å²) in [5, 5.41) is 9.23. The van der Waals surface area contributed by atoms with E-state index in [4.69, 9.17) is 4.74 Å². The van der Waals surface area contributed by atoms with Crippen molar-refractivity contribution in [2.75, 3.05) is 59.6 Å². The molecule has 0 unspecified atom stereocenters. The van der Waals surface area contributed by atoms with Crippen LogP contribution in [0.2, 0.25) is 0 Å². The molecule has 0 saturated carbocycles. The molecule has 8 heteroatoms. The molecule has 0 atom stereocenters. The zero-order valence-corrected chi connectivity index (χ0v) is 12.7. The van der Waals surface area contributed by atoms with E-state index in [0.717, 1.165) is 0 Å². The van der Waals surface area contributed by atoms with Crippen LogP contribution >= 0.6 is 0 Å². The van der Waals surface area contributed by atoms with Gasteiger partial charge in [-0.3, -0.25) is 4.79 Å². The predicted octanol–water partition coefficient (Wildman–Crippen LogP) is -0.363. The number of methoxy groups -OCH3 is 1. The summed E-state index contributed by atoms with van der Waals surface area (Å²) < 4.78 is 9.87. The van der Waals surface area contributed by atoms with E-state index < -0.39 is 0 Å². The van der Waals surface area contributed by atoms with Gasteiger partial charge in [0.25, 0.3) is 5.91 Å². The van der Waals surface area contributed by atoms with Crippen LogP contribution in [0.25, 0.3) is 0 Å². The standard InChI is InChI=1S/C14H20N4O4/c1-21-14(20)18-4-2-16(3-5-18)11-12(10-15)13(19)17-6-8-22-9-7-17/h11H,2-9H2,1H3/b12-11-. The van der Waals surface area contributed by atoms with Gasteiger partial charge in [-0.15, -0.1) is 0 Å². The summed E-state index contributed by atoms with van der Waals surface area (Å²) in [6.45, 7) is 4.17. The third-order valence-corrected chi connectivity index (χ3v) is 3.71. The van der Waals surface area contributed by atoms with Gasteiger partial charge >= 0.3 is 6.09 Å². The topological polar surface area (TPSA) is 86.1 Å². The maximum absolute atomic E-state index is 12.3. The lowest BCUT2D eigenvalue weighted by atomic mass is 10.2. The number of hydrogen-bond donors (Lipinski definition) is 0. The molecule has 8 nitrogen and oxygen atoms in total. The van der Waals surface area contributed by atoms with Gasteiger partial charge in [0.1, 0.15) is 11.6 Å². The number of nitriles is 1. The molecule has 0 spiro atoms.